The number of hydrogen-bond donors (Lipinski definition) is 0. The molecule has 190 valence electrons. The summed E-state index contributed by atoms with van der Waals surface area (Å²) < 4.78 is 19.6. The number of benzene rings is 1. The molecule has 1 aromatic carbocycles. The van der Waals surface area contributed by atoms with Gasteiger partial charge in [0.15, 0.2) is 0 Å². The van der Waals surface area contributed by atoms with E-state index < -0.39 is 0 Å². The molecule has 0 saturated heterocycles. The lowest BCUT2D eigenvalue weighted by Gasteiger charge is -2.46. The minimum Gasteiger partial charge on any atom is -0.426 e. The van der Waals surface area contributed by atoms with Gasteiger partial charge in [0.1, 0.15) is 11.6 Å². The van der Waals surface area contributed by atoms with E-state index in [0.29, 0.717) is 23.1 Å². The second kappa shape index (κ2) is 12.5. The first kappa shape index (κ1) is 25.7. The normalized spacial score (nSPS) is 31.6. The predicted molar refractivity (Wildman–Crippen MR) is 137 cm³/mol. The van der Waals surface area contributed by atoms with Crippen LogP contribution < -0.4 is 4.74 Å². The van der Waals surface area contributed by atoms with Crippen LogP contribution in [0.2, 0.25) is 0 Å². The Bertz CT molecular complexity index is 782. The molecule has 3 aliphatic carbocycles. The maximum atomic E-state index is 13.9. The Hall–Kier alpha value is -1.38. The molecule has 0 spiro atoms. The molecule has 4 atom stereocenters. The van der Waals surface area contributed by atoms with Crippen LogP contribution in [0.25, 0.3) is 0 Å². The van der Waals surface area contributed by atoms with Crippen molar-refractivity contribution in [1.29, 1.82) is 0 Å². The second-order valence-corrected chi connectivity index (χ2v) is 11.9. The molecule has 0 amide bonds. The van der Waals surface area contributed by atoms with Gasteiger partial charge in [-0.25, -0.2) is 4.39 Å². The number of rotatable bonds is 9. The van der Waals surface area contributed by atoms with Crippen molar-refractivity contribution < 1.29 is 13.9 Å². The Labute approximate surface area is 207 Å². The van der Waals surface area contributed by atoms with E-state index in [2.05, 4.69) is 6.92 Å². The van der Waals surface area contributed by atoms with Crippen LogP contribution in [0.5, 0.6) is 5.75 Å². The third-order valence-corrected chi connectivity index (χ3v) is 9.63. The zero-order valence-corrected chi connectivity index (χ0v) is 21.7. The fourth-order valence-electron chi connectivity index (χ4n) is 7.53. The third kappa shape index (κ3) is 6.64. The minimum absolute atomic E-state index is 0.00694. The van der Waals surface area contributed by atoms with Crippen LogP contribution in [-0.4, -0.2) is 5.97 Å². The first-order chi connectivity index (χ1) is 16.5. The van der Waals surface area contributed by atoms with Crippen molar-refractivity contribution in [3.63, 3.8) is 0 Å². The van der Waals surface area contributed by atoms with Gasteiger partial charge in [-0.3, -0.25) is 4.79 Å². The van der Waals surface area contributed by atoms with Gasteiger partial charge in [-0.15, -0.1) is 0 Å². The van der Waals surface area contributed by atoms with Crippen LogP contribution in [0.15, 0.2) is 18.2 Å². The molecule has 3 saturated carbocycles. The van der Waals surface area contributed by atoms with Gasteiger partial charge in [-0.05, 0) is 86.7 Å². The largest absolute Gasteiger partial charge is 0.426 e. The summed E-state index contributed by atoms with van der Waals surface area (Å²) in [6.45, 7) is 4.02. The van der Waals surface area contributed by atoms with Crippen LogP contribution in [0.3, 0.4) is 0 Å². The highest BCUT2D eigenvalue weighted by atomic mass is 19.1. The van der Waals surface area contributed by atoms with E-state index in [1.54, 1.807) is 19.1 Å². The Morgan fingerprint density at radius 2 is 1.68 bits per heavy atom. The van der Waals surface area contributed by atoms with E-state index in [4.69, 9.17) is 4.74 Å². The number of esters is 1. The molecule has 0 heterocycles. The lowest BCUT2D eigenvalue weighted by Crippen LogP contribution is -2.40. The Balaban J connectivity index is 1.23. The van der Waals surface area contributed by atoms with Crippen molar-refractivity contribution >= 4 is 5.97 Å². The number of ether oxygens (including phenoxy) is 1. The minimum atomic E-state index is -0.307. The topological polar surface area (TPSA) is 26.3 Å². The smallest absolute Gasteiger partial charge is 0.314 e. The molecule has 3 heteroatoms. The summed E-state index contributed by atoms with van der Waals surface area (Å²) in [4.78, 5) is 13.0. The third-order valence-electron chi connectivity index (χ3n) is 9.63. The summed E-state index contributed by atoms with van der Waals surface area (Å²) in [5.41, 5.74) is 0.580. The highest BCUT2D eigenvalue weighted by Crippen LogP contribution is 2.50. The molecular formula is C31H47FO2. The SMILES string of the molecule is CCCCCCCC1CCC(C2CCC3C(CCCC3C(=O)Oc3ccc(C)c(F)c3)C2)CC1. The monoisotopic (exact) mass is 470 g/mol. The van der Waals surface area contributed by atoms with E-state index in [0.717, 1.165) is 30.6 Å². The van der Waals surface area contributed by atoms with Gasteiger partial charge in [0.05, 0.1) is 5.92 Å². The highest BCUT2D eigenvalue weighted by molar-refractivity contribution is 5.75. The van der Waals surface area contributed by atoms with Gasteiger partial charge in [0.2, 0.25) is 0 Å². The fourth-order valence-corrected chi connectivity index (χ4v) is 7.53. The van der Waals surface area contributed by atoms with Gasteiger partial charge >= 0.3 is 5.97 Å². The van der Waals surface area contributed by atoms with Crippen molar-refractivity contribution in [1.82, 2.24) is 0 Å². The van der Waals surface area contributed by atoms with E-state index in [1.165, 1.54) is 96.0 Å². The summed E-state index contributed by atoms with van der Waals surface area (Å²) in [5, 5.41) is 0. The van der Waals surface area contributed by atoms with Crippen LogP contribution >= 0.6 is 0 Å². The number of hydrogen-bond acceptors (Lipinski definition) is 2. The summed E-state index contributed by atoms with van der Waals surface area (Å²) in [7, 11) is 0. The molecule has 1 aromatic rings. The quantitative estimate of drug-likeness (QED) is 0.204. The average molecular weight is 471 g/mol. The zero-order valence-electron chi connectivity index (χ0n) is 21.7. The van der Waals surface area contributed by atoms with Crippen LogP contribution in [-0.2, 0) is 4.79 Å². The van der Waals surface area contributed by atoms with E-state index in [1.807, 2.05) is 0 Å². The van der Waals surface area contributed by atoms with Crippen LogP contribution in [0, 0.1) is 48.2 Å². The molecule has 0 aliphatic heterocycles. The van der Waals surface area contributed by atoms with Gasteiger partial charge in [0, 0.05) is 6.07 Å². The maximum absolute atomic E-state index is 13.9. The van der Waals surface area contributed by atoms with Crippen molar-refractivity contribution in [2.75, 3.05) is 0 Å². The first-order valence-electron chi connectivity index (χ1n) is 14.5. The number of carbonyl (C=O) groups is 1. The Morgan fingerprint density at radius 1 is 0.912 bits per heavy atom. The van der Waals surface area contributed by atoms with E-state index in [9.17, 15) is 9.18 Å². The van der Waals surface area contributed by atoms with Gasteiger partial charge < -0.3 is 4.74 Å². The standard InChI is InChI=1S/C31H47FO2/c1-3-4-5-6-7-9-23-13-15-24(16-14-23)25-17-19-28-26(20-25)10-8-11-29(28)31(33)34-27-18-12-22(2)30(32)21-27/h12,18,21,23-26,28-29H,3-11,13-17,19-20H2,1-2H3. The highest BCUT2D eigenvalue weighted by Gasteiger charge is 2.43. The molecule has 34 heavy (non-hydrogen) atoms. The second-order valence-electron chi connectivity index (χ2n) is 11.9. The lowest BCUT2D eigenvalue weighted by molar-refractivity contribution is -0.144. The molecule has 0 aromatic heterocycles. The van der Waals surface area contributed by atoms with Crippen molar-refractivity contribution in [3.05, 3.63) is 29.6 Å². The average Bonchev–Trinajstić information content (AvgIpc) is 2.86. The Morgan fingerprint density at radius 3 is 2.44 bits per heavy atom. The molecule has 2 nitrogen and oxygen atoms in total. The summed E-state index contributed by atoms with van der Waals surface area (Å²) in [6, 6.07) is 4.76. The first-order valence-corrected chi connectivity index (χ1v) is 14.5. The van der Waals surface area contributed by atoms with Gasteiger partial charge in [-0.1, -0.05) is 77.2 Å². The molecule has 4 unspecified atom stereocenters. The summed E-state index contributed by atoms with van der Waals surface area (Å²) >= 11 is 0. The van der Waals surface area contributed by atoms with Crippen molar-refractivity contribution in [2.24, 2.45) is 35.5 Å². The van der Waals surface area contributed by atoms with E-state index >= 15 is 0 Å². The zero-order chi connectivity index (χ0) is 23.9. The van der Waals surface area contributed by atoms with Crippen LogP contribution in [0.4, 0.5) is 4.39 Å². The number of carbonyl (C=O) groups excluding carboxylic acids is 1. The molecule has 0 radical (unpaired) electrons. The van der Waals surface area contributed by atoms with Gasteiger partial charge in [-0.2, -0.15) is 0 Å². The number of halogens is 1. The Kier molecular flexibility index (Phi) is 9.48. The molecule has 3 fully saturated rings. The molecule has 0 bridgehead atoms. The molecule has 3 aliphatic rings. The predicted octanol–water partition coefficient (Wildman–Crippen LogP) is 9.04. The maximum Gasteiger partial charge on any atom is 0.314 e. The van der Waals surface area contributed by atoms with Gasteiger partial charge in [0.25, 0.3) is 0 Å². The molecule has 0 N–H and O–H groups in total. The molecular weight excluding hydrogens is 423 g/mol. The number of fused-ring (bicyclic) bond motifs is 1. The lowest BCUT2D eigenvalue weighted by atomic mass is 9.59. The van der Waals surface area contributed by atoms with Crippen molar-refractivity contribution in [3.8, 4) is 5.75 Å². The fraction of sp³-hybridized carbons (Fsp3) is 0.774. The number of aryl methyl sites for hydroxylation is 1. The van der Waals surface area contributed by atoms with E-state index in [-0.39, 0.29) is 17.7 Å². The van der Waals surface area contributed by atoms with Crippen LogP contribution in [0.1, 0.15) is 115 Å². The number of unbranched alkanes of at least 4 members (excludes halogenated alkanes) is 4. The summed E-state index contributed by atoms with van der Waals surface area (Å²) in [6.07, 6.45) is 21.4. The molecule has 4 rings (SSSR count). The van der Waals surface area contributed by atoms with Crippen molar-refractivity contribution in [2.45, 2.75) is 117 Å². The summed E-state index contributed by atoms with van der Waals surface area (Å²) in [5.74, 6) is 3.82.